The number of hydrogen-bond donors (Lipinski definition) is 0. The Kier molecular flexibility index (Phi) is 5.08. The predicted octanol–water partition coefficient (Wildman–Crippen LogP) is 5.23. The summed E-state index contributed by atoms with van der Waals surface area (Å²) < 4.78 is 11.5. The fourth-order valence-electron chi connectivity index (χ4n) is 4.03. The molecule has 144 valence electrons. The highest BCUT2D eigenvalue weighted by Gasteiger charge is 2.37. The van der Waals surface area contributed by atoms with Crippen LogP contribution in [0, 0.1) is 5.92 Å². The molecule has 1 amide bonds. The van der Waals surface area contributed by atoms with Crippen LogP contribution in [0.2, 0.25) is 0 Å². The van der Waals surface area contributed by atoms with Crippen molar-refractivity contribution in [3.8, 4) is 11.5 Å². The molecule has 0 bridgehead atoms. The minimum atomic E-state index is -0.718. The van der Waals surface area contributed by atoms with Gasteiger partial charge in [-0.1, -0.05) is 36.2 Å². The van der Waals surface area contributed by atoms with Gasteiger partial charge in [-0.3, -0.25) is 9.69 Å². The first-order valence-electron chi connectivity index (χ1n) is 9.50. The van der Waals surface area contributed by atoms with Crippen LogP contribution in [-0.4, -0.2) is 19.6 Å². The van der Waals surface area contributed by atoms with Crippen LogP contribution in [0.15, 0.2) is 47.6 Å². The topological polar surface area (TPSA) is 87.5 Å². The van der Waals surface area contributed by atoms with Crippen molar-refractivity contribution in [2.75, 3.05) is 18.6 Å². The Morgan fingerprint density at radius 3 is 2.71 bits per heavy atom. The first-order chi connectivity index (χ1) is 13.7. The number of nitrogens with zero attached hydrogens (tertiary/aromatic N) is 4. The maximum absolute atomic E-state index is 13.0. The van der Waals surface area contributed by atoms with Gasteiger partial charge in [0.25, 0.3) is 5.91 Å². The van der Waals surface area contributed by atoms with E-state index in [4.69, 9.17) is 15.0 Å². The van der Waals surface area contributed by atoms with Gasteiger partial charge in [-0.05, 0) is 48.1 Å². The zero-order valence-electron chi connectivity index (χ0n) is 15.7. The van der Waals surface area contributed by atoms with E-state index in [2.05, 4.69) is 10.0 Å². The monoisotopic (exact) mass is 378 g/mol. The molecule has 0 N–H and O–H groups in total. The summed E-state index contributed by atoms with van der Waals surface area (Å²) in [5.41, 5.74) is 10.9. The fourth-order valence-corrected chi connectivity index (χ4v) is 4.03. The number of carbonyl (C=O) groups is 1. The zero-order chi connectivity index (χ0) is 19.5. The molecule has 0 aromatic heterocycles. The molecule has 2 aromatic rings. The average molecular weight is 378 g/mol. The number of rotatable bonds is 6. The lowest BCUT2D eigenvalue weighted by Crippen LogP contribution is -2.26. The Hall–Kier alpha value is -3.18. The Bertz CT molecular complexity index is 933. The SMILES string of the molecule is COc1ccc(N2C(=O)c3ccccc3C2N=[N+]=[N-])cc1OCC1CCCC1. The van der Waals surface area contributed by atoms with Crippen LogP contribution >= 0.6 is 0 Å². The van der Waals surface area contributed by atoms with Crippen LogP contribution in [0.3, 0.4) is 0 Å². The summed E-state index contributed by atoms with van der Waals surface area (Å²) in [5.74, 6) is 1.57. The lowest BCUT2D eigenvalue weighted by atomic mass is 10.1. The van der Waals surface area contributed by atoms with E-state index < -0.39 is 6.17 Å². The van der Waals surface area contributed by atoms with Crippen LogP contribution in [0.5, 0.6) is 11.5 Å². The molecule has 1 unspecified atom stereocenters. The standard InChI is InChI=1S/C21H22N4O3/c1-27-18-11-10-15(12-19(18)28-13-14-6-2-3-7-14)25-20(23-24-22)16-8-4-5-9-17(16)21(25)26/h4-5,8-12,14,20H,2-3,6-7,13H2,1H3. The van der Waals surface area contributed by atoms with Crippen LogP contribution in [-0.2, 0) is 0 Å². The smallest absolute Gasteiger partial charge is 0.259 e. The lowest BCUT2D eigenvalue weighted by Gasteiger charge is -2.23. The molecule has 2 aromatic carbocycles. The molecule has 1 saturated carbocycles. The van der Waals surface area contributed by atoms with Gasteiger partial charge >= 0.3 is 0 Å². The van der Waals surface area contributed by atoms with Crippen molar-refractivity contribution in [1.29, 1.82) is 0 Å². The second-order valence-corrected chi connectivity index (χ2v) is 7.14. The van der Waals surface area contributed by atoms with E-state index in [1.54, 1.807) is 37.4 Å². The van der Waals surface area contributed by atoms with Gasteiger partial charge in [-0.15, -0.1) is 0 Å². The Balaban J connectivity index is 1.67. The molecule has 7 nitrogen and oxygen atoms in total. The molecule has 1 aliphatic heterocycles. The summed E-state index contributed by atoms with van der Waals surface area (Å²) in [6, 6.07) is 12.6. The van der Waals surface area contributed by atoms with Gasteiger partial charge in [0.15, 0.2) is 11.5 Å². The van der Waals surface area contributed by atoms with E-state index in [9.17, 15) is 4.79 Å². The molecule has 1 fully saturated rings. The quantitative estimate of drug-likeness (QED) is 0.391. The number of hydrogen-bond acceptors (Lipinski definition) is 4. The summed E-state index contributed by atoms with van der Waals surface area (Å²) in [5, 5.41) is 3.87. The Labute approximate surface area is 163 Å². The molecule has 28 heavy (non-hydrogen) atoms. The molecule has 1 heterocycles. The highest BCUT2D eigenvalue weighted by molar-refractivity contribution is 6.11. The van der Waals surface area contributed by atoms with Crippen molar-refractivity contribution in [1.82, 2.24) is 0 Å². The Morgan fingerprint density at radius 1 is 1.18 bits per heavy atom. The van der Waals surface area contributed by atoms with Gasteiger partial charge in [-0.25, -0.2) is 0 Å². The van der Waals surface area contributed by atoms with Crippen molar-refractivity contribution in [3.05, 3.63) is 64.0 Å². The number of anilines is 1. The van der Waals surface area contributed by atoms with E-state index in [0.29, 0.717) is 40.8 Å². The highest BCUT2D eigenvalue weighted by atomic mass is 16.5. The maximum atomic E-state index is 13.0. The van der Waals surface area contributed by atoms with Crippen LogP contribution < -0.4 is 14.4 Å². The van der Waals surface area contributed by atoms with Gasteiger partial charge in [0.2, 0.25) is 0 Å². The maximum Gasteiger partial charge on any atom is 0.259 e. The minimum Gasteiger partial charge on any atom is -0.493 e. The summed E-state index contributed by atoms with van der Waals surface area (Å²) in [4.78, 5) is 17.4. The van der Waals surface area contributed by atoms with E-state index in [1.807, 2.05) is 12.1 Å². The molecular formula is C21H22N4O3. The minimum absolute atomic E-state index is 0.195. The third-order valence-electron chi connectivity index (χ3n) is 5.47. The Morgan fingerprint density at radius 2 is 1.96 bits per heavy atom. The third kappa shape index (κ3) is 3.25. The van der Waals surface area contributed by atoms with Gasteiger partial charge in [-0.2, -0.15) is 0 Å². The molecule has 0 spiro atoms. The first-order valence-corrected chi connectivity index (χ1v) is 9.50. The number of ether oxygens (including phenoxy) is 2. The van der Waals surface area contributed by atoms with Crippen molar-refractivity contribution >= 4 is 11.6 Å². The van der Waals surface area contributed by atoms with E-state index in [-0.39, 0.29) is 5.91 Å². The molecule has 4 rings (SSSR count). The molecule has 0 radical (unpaired) electrons. The highest BCUT2D eigenvalue weighted by Crippen LogP contribution is 2.41. The normalized spacial score (nSPS) is 18.7. The summed E-state index contributed by atoms with van der Waals surface area (Å²) in [6.45, 7) is 0.633. The van der Waals surface area contributed by atoms with Crippen LogP contribution in [0.1, 0.15) is 47.8 Å². The third-order valence-corrected chi connectivity index (χ3v) is 5.47. The molecule has 2 aliphatic rings. The van der Waals surface area contributed by atoms with Crippen molar-refractivity contribution in [3.63, 3.8) is 0 Å². The number of fused-ring (bicyclic) bond motifs is 1. The van der Waals surface area contributed by atoms with Gasteiger partial charge in [0, 0.05) is 22.2 Å². The molecule has 1 atom stereocenters. The number of benzene rings is 2. The van der Waals surface area contributed by atoms with Crippen LogP contribution in [0.4, 0.5) is 5.69 Å². The van der Waals surface area contributed by atoms with Crippen LogP contribution in [0.25, 0.3) is 10.4 Å². The molecular weight excluding hydrogens is 356 g/mol. The van der Waals surface area contributed by atoms with E-state index in [0.717, 1.165) is 0 Å². The van der Waals surface area contributed by atoms with Crippen molar-refractivity contribution in [2.45, 2.75) is 31.8 Å². The molecule has 1 aliphatic carbocycles. The second kappa shape index (κ2) is 7.82. The zero-order valence-corrected chi connectivity index (χ0v) is 15.7. The summed E-state index contributed by atoms with van der Waals surface area (Å²) in [6.07, 6.45) is 4.14. The number of methoxy groups -OCH3 is 1. The van der Waals surface area contributed by atoms with E-state index >= 15 is 0 Å². The lowest BCUT2D eigenvalue weighted by molar-refractivity contribution is 0.0991. The summed E-state index contributed by atoms with van der Waals surface area (Å²) in [7, 11) is 1.59. The average Bonchev–Trinajstić information content (AvgIpc) is 3.34. The van der Waals surface area contributed by atoms with E-state index in [1.165, 1.54) is 30.6 Å². The number of azide groups is 1. The van der Waals surface area contributed by atoms with Gasteiger partial charge in [0.05, 0.1) is 13.7 Å². The largest absolute Gasteiger partial charge is 0.493 e. The summed E-state index contributed by atoms with van der Waals surface area (Å²) >= 11 is 0. The van der Waals surface area contributed by atoms with Gasteiger partial charge in [0.1, 0.15) is 6.17 Å². The molecule has 7 heteroatoms. The fraction of sp³-hybridized carbons (Fsp3) is 0.381. The van der Waals surface area contributed by atoms with Crippen molar-refractivity contribution in [2.24, 2.45) is 11.0 Å². The first kappa shape index (κ1) is 18.2. The number of amides is 1. The predicted molar refractivity (Wildman–Crippen MR) is 106 cm³/mol. The number of carbonyl (C=O) groups excluding carboxylic acids is 1. The molecule has 0 saturated heterocycles. The second-order valence-electron chi connectivity index (χ2n) is 7.14. The van der Waals surface area contributed by atoms with Crippen molar-refractivity contribution < 1.29 is 14.3 Å². The van der Waals surface area contributed by atoms with Gasteiger partial charge < -0.3 is 9.47 Å².